The van der Waals surface area contributed by atoms with E-state index in [-0.39, 0.29) is 17.9 Å². The molecule has 138 valence electrons. The van der Waals surface area contributed by atoms with Crippen LogP contribution in [0.4, 0.5) is 0 Å². The van der Waals surface area contributed by atoms with E-state index in [1.807, 2.05) is 42.2 Å². The maximum Gasteiger partial charge on any atom is 0.276 e. The minimum Gasteiger partial charge on any atom is -0.393 e. The highest BCUT2D eigenvalue weighted by molar-refractivity contribution is 5.94. The Kier molecular flexibility index (Phi) is 3.72. The molecule has 1 aliphatic carbocycles. The number of likely N-dealkylation sites (tertiary alicyclic amines) is 1. The molecule has 1 aliphatic heterocycles. The third-order valence-corrected chi connectivity index (χ3v) is 6.04. The van der Waals surface area contributed by atoms with Crippen LogP contribution in [0.25, 0.3) is 16.6 Å². The second kappa shape index (κ2) is 6.13. The van der Waals surface area contributed by atoms with Gasteiger partial charge in [-0.15, -0.1) is 5.10 Å². The summed E-state index contributed by atoms with van der Waals surface area (Å²) >= 11 is 0. The van der Waals surface area contributed by atoms with Gasteiger partial charge in [0.1, 0.15) is 0 Å². The van der Waals surface area contributed by atoms with Gasteiger partial charge in [-0.2, -0.15) is 0 Å². The molecule has 0 unspecified atom stereocenters. The summed E-state index contributed by atoms with van der Waals surface area (Å²) in [5, 5.41) is 19.5. The molecule has 1 N–H and O–H groups in total. The first-order valence-electron chi connectivity index (χ1n) is 9.37. The highest BCUT2D eigenvalue weighted by atomic mass is 16.3. The molecular weight excluding hydrogens is 342 g/mol. The van der Waals surface area contributed by atoms with Crippen LogP contribution in [0.3, 0.4) is 0 Å². The Bertz CT molecular complexity index is 1020. The summed E-state index contributed by atoms with van der Waals surface area (Å²) in [4.78, 5) is 19.3. The lowest BCUT2D eigenvalue weighted by molar-refractivity contribution is 0.0746. The predicted molar refractivity (Wildman–Crippen MR) is 99.5 cm³/mol. The lowest BCUT2D eigenvalue weighted by atomic mass is 10.00. The molecule has 2 aliphatic rings. The Morgan fingerprint density at radius 1 is 1.19 bits per heavy atom. The molecular formula is C20H21N5O2. The highest BCUT2D eigenvalue weighted by Crippen LogP contribution is 2.38. The van der Waals surface area contributed by atoms with Gasteiger partial charge in [-0.3, -0.25) is 9.78 Å². The number of aliphatic hydroxyl groups excluding tert-OH is 1. The van der Waals surface area contributed by atoms with E-state index in [9.17, 15) is 9.90 Å². The molecule has 27 heavy (non-hydrogen) atoms. The average Bonchev–Trinajstić information content (AvgIpc) is 3.37. The number of fused-ring (bicyclic) bond motifs is 2. The van der Waals surface area contributed by atoms with Gasteiger partial charge < -0.3 is 10.0 Å². The number of rotatable bonds is 2. The molecule has 2 fully saturated rings. The van der Waals surface area contributed by atoms with Crippen molar-refractivity contribution in [3.05, 3.63) is 47.9 Å². The zero-order valence-corrected chi connectivity index (χ0v) is 15.1. The first-order chi connectivity index (χ1) is 13.1. The molecule has 1 aromatic carbocycles. The molecule has 7 nitrogen and oxygen atoms in total. The number of hydrogen-bond donors (Lipinski definition) is 1. The van der Waals surface area contributed by atoms with Crippen molar-refractivity contribution in [3.8, 4) is 5.69 Å². The minimum absolute atomic E-state index is 0.103. The maximum absolute atomic E-state index is 13.0. The van der Waals surface area contributed by atoms with E-state index in [0.717, 1.165) is 29.4 Å². The maximum atomic E-state index is 13.0. The Hall–Kier alpha value is -2.80. The van der Waals surface area contributed by atoms with Gasteiger partial charge in [0, 0.05) is 30.6 Å². The number of aliphatic hydroxyl groups is 1. The fraction of sp³-hybridized carbons (Fsp3) is 0.400. The van der Waals surface area contributed by atoms with Crippen molar-refractivity contribution < 1.29 is 9.90 Å². The van der Waals surface area contributed by atoms with Crippen molar-refractivity contribution >= 4 is 16.8 Å². The minimum atomic E-state index is -0.286. The fourth-order valence-corrected chi connectivity index (χ4v) is 4.57. The van der Waals surface area contributed by atoms with Gasteiger partial charge in [0.15, 0.2) is 5.69 Å². The summed E-state index contributed by atoms with van der Waals surface area (Å²) in [6, 6.07) is 9.78. The molecule has 0 radical (unpaired) electrons. The SMILES string of the molecule is Cc1c(C(=O)N2C[C@@H]3CC[C@@H](O)[C@@H]3C2)nnn1-c1cccc2cccnc12. The second-order valence-electron chi connectivity index (χ2n) is 7.57. The zero-order valence-electron chi connectivity index (χ0n) is 15.1. The van der Waals surface area contributed by atoms with Gasteiger partial charge in [0.2, 0.25) is 0 Å². The Balaban J connectivity index is 1.48. The van der Waals surface area contributed by atoms with E-state index in [1.165, 1.54) is 0 Å². The van der Waals surface area contributed by atoms with Crippen LogP contribution in [0.1, 0.15) is 29.0 Å². The molecule has 3 heterocycles. The smallest absolute Gasteiger partial charge is 0.276 e. The molecule has 5 rings (SSSR count). The van der Waals surface area contributed by atoms with Crippen LogP contribution >= 0.6 is 0 Å². The summed E-state index contributed by atoms with van der Waals surface area (Å²) < 4.78 is 1.69. The number of para-hydroxylation sites is 1. The van der Waals surface area contributed by atoms with Gasteiger partial charge >= 0.3 is 0 Å². The van der Waals surface area contributed by atoms with E-state index >= 15 is 0 Å². The third kappa shape index (κ3) is 2.53. The highest BCUT2D eigenvalue weighted by Gasteiger charge is 2.44. The zero-order chi connectivity index (χ0) is 18.5. The van der Waals surface area contributed by atoms with Crippen molar-refractivity contribution in [3.63, 3.8) is 0 Å². The van der Waals surface area contributed by atoms with Crippen molar-refractivity contribution in [2.24, 2.45) is 11.8 Å². The average molecular weight is 363 g/mol. The number of nitrogens with zero attached hydrogens (tertiary/aromatic N) is 5. The molecule has 1 saturated heterocycles. The number of carbonyl (C=O) groups is 1. The number of aromatic nitrogens is 4. The summed E-state index contributed by atoms with van der Waals surface area (Å²) in [5.41, 5.74) is 2.71. The van der Waals surface area contributed by atoms with Crippen LogP contribution in [0.2, 0.25) is 0 Å². The van der Waals surface area contributed by atoms with Crippen molar-refractivity contribution in [2.45, 2.75) is 25.9 Å². The van der Waals surface area contributed by atoms with E-state index in [2.05, 4.69) is 15.3 Å². The first kappa shape index (κ1) is 16.4. The third-order valence-electron chi connectivity index (χ3n) is 6.04. The van der Waals surface area contributed by atoms with Gasteiger partial charge in [0.05, 0.1) is 23.0 Å². The van der Waals surface area contributed by atoms with Crippen LogP contribution in [-0.4, -0.2) is 55.1 Å². The lowest BCUT2D eigenvalue weighted by Crippen LogP contribution is -2.31. The van der Waals surface area contributed by atoms with Crippen molar-refractivity contribution in [2.75, 3.05) is 13.1 Å². The summed E-state index contributed by atoms with van der Waals surface area (Å²) in [6.07, 6.45) is 3.30. The van der Waals surface area contributed by atoms with E-state index < -0.39 is 0 Å². The quantitative estimate of drug-likeness (QED) is 0.752. The van der Waals surface area contributed by atoms with E-state index in [0.29, 0.717) is 30.4 Å². The van der Waals surface area contributed by atoms with Crippen molar-refractivity contribution in [1.29, 1.82) is 0 Å². The number of carbonyl (C=O) groups excluding carboxylic acids is 1. The lowest BCUT2D eigenvalue weighted by Gasteiger charge is -2.17. The molecule has 3 aromatic rings. The second-order valence-corrected chi connectivity index (χ2v) is 7.57. The number of hydrogen-bond acceptors (Lipinski definition) is 5. The Morgan fingerprint density at radius 3 is 2.89 bits per heavy atom. The molecule has 2 aromatic heterocycles. The summed E-state index contributed by atoms with van der Waals surface area (Å²) in [7, 11) is 0. The van der Waals surface area contributed by atoms with Gasteiger partial charge in [0.25, 0.3) is 5.91 Å². The van der Waals surface area contributed by atoms with E-state index in [1.54, 1.807) is 10.9 Å². The Labute approximate surface area is 156 Å². The van der Waals surface area contributed by atoms with Crippen LogP contribution in [0, 0.1) is 18.8 Å². The molecule has 3 atom stereocenters. The standard InChI is InChI=1S/C20H21N5O2/c1-12-18(20(27)24-10-14-7-8-17(26)15(14)11-24)22-23-25(12)16-6-2-4-13-5-3-9-21-19(13)16/h2-6,9,14-15,17,26H,7-8,10-11H2,1H3/t14-,15+,17+/m0/s1. The number of amides is 1. The monoisotopic (exact) mass is 363 g/mol. The summed E-state index contributed by atoms with van der Waals surface area (Å²) in [6.45, 7) is 3.16. The van der Waals surface area contributed by atoms with Crippen LogP contribution in [0.5, 0.6) is 0 Å². The van der Waals surface area contributed by atoms with Crippen LogP contribution in [-0.2, 0) is 0 Å². The van der Waals surface area contributed by atoms with Crippen LogP contribution < -0.4 is 0 Å². The van der Waals surface area contributed by atoms with Gasteiger partial charge in [-0.25, -0.2) is 4.68 Å². The van der Waals surface area contributed by atoms with Gasteiger partial charge in [-0.05, 0) is 37.8 Å². The topological polar surface area (TPSA) is 84.1 Å². The Morgan fingerprint density at radius 2 is 2.04 bits per heavy atom. The predicted octanol–water partition coefficient (Wildman–Crippen LogP) is 1.97. The largest absolute Gasteiger partial charge is 0.393 e. The molecule has 1 amide bonds. The van der Waals surface area contributed by atoms with Crippen molar-refractivity contribution in [1.82, 2.24) is 24.9 Å². The molecule has 7 heteroatoms. The normalized spacial score (nSPS) is 24.5. The fourth-order valence-electron chi connectivity index (χ4n) is 4.57. The number of pyridine rings is 1. The number of benzene rings is 1. The molecule has 1 saturated carbocycles. The first-order valence-corrected chi connectivity index (χ1v) is 9.37. The summed E-state index contributed by atoms with van der Waals surface area (Å²) in [5.74, 6) is 0.502. The molecule has 0 bridgehead atoms. The van der Waals surface area contributed by atoms with Crippen LogP contribution in [0.15, 0.2) is 36.5 Å². The molecule has 0 spiro atoms. The van der Waals surface area contributed by atoms with E-state index in [4.69, 9.17) is 0 Å². The van der Waals surface area contributed by atoms with Gasteiger partial charge in [-0.1, -0.05) is 23.4 Å².